The minimum absolute atomic E-state index is 1.29. The van der Waals surface area contributed by atoms with Crippen LogP contribution in [0.15, 0.2) is 60.7 Å². The Morgan fingerprint density at radius 2 is 0.800 bits per heavy atom. The van der Waals surface area contributed by atoms with Crippen molar-refractivity contribution < 1.29 is 0 Å². The Labute approximate surface area is 174 Å². The van der Waals surface area contributed by atoms with E-state index >= 15 is 0 Å². The van der Waals surface area contributed by atoms with Crippen LogP contribution in [0.5, 0.6) is 0 Å². The number of hydrogen-bond acceptors (Lipinski definition) is 0. The second-order valence-corrected chi connectivity index (χ2v) is 9.07. The van der Waals surface area contributed by atoms with Crippen molar-refractivity contribution >= 4 is 54.6 Å². The molecule has 0 atom stereocenters. The normalized spacial score (nSPS) is 12.7. The molecular weight excluding hydrogens is 364 g/mol. The third-order valence-corrected chi connectivity index (χ3v) is 6.76. The summed E-state index contributed by atoms with van der Waals surface area (Å²) in [5, 5.41) is 5.38. The fraction of sp³-hybridized carbons (Fsp3) is 0.143. The fourth-order valence-electron chi connectivity index (χ4n) is 5.60. The van der Waals surface area contributed by atoms with Gasteiger partial charge < -0.3 is 8.80 Å². The lowest BCUT2D eigenvalue weighted by molar-refractivity contribution is 1.24. The van der Waals surface area contributed by atoms with E-state index in [9.17, 15) is 0 Å². The second-order valence-electron chi connectivity index (χ2n) is 9.07. The average Bonchev–Trinajstić information content (AvgIpc) is 3.19. The maximum absolute atomic E-state index is 2.50. The van der Waals surface area contributed by atoms with Crippen LogP contribution < -0.4 is 0 Å². The molecule has 0 aliphatic carbocycles. The van der Waals surface area contributed by atoms with Crippen LogP contribution in [-0.4, -0.2) is 8.80 Å². The van der Waals surface area contributed by atoms with Crippen LogP contribution in [0.1, 0.15) is 22.3 Å². The molecule has 0 saturated carbocycles. The molecule has 2 heteroatoms. The van der Waals surface area contributed by atoms with Gasteiger partial charge in [-0.3, -0.25) is 0 Å². The summed E-state index contributed by atoms with van der Waals surface area (Å²) in [5.41, 5.74) is 13.0. The molecule has 3 heterocycles. The maximum Gasteiger partial charge on any atom is 0.0783 e. The van der Waals surface area contributed by atoms with Crippen LogP contribution in [0.3, 0.4) is 0 Å². The Morgan fingerprint density at radius 3 is 1.23 bits per heavy atom. The monoisotopic (exact) mass is 386 g/mol. The molecule has 0 fully saturated rings. The zero-order valence-corrected chi connectivity index (χ0v) is 17.7. The molecule has 0 spiro atoms. The number of fused-ring (bicyclic) bond motifs is 8. The van der Waals surface area contributed by atoms with Crippen LogP contribution in [0.2, 0.25) is 0 Å². The zero-order valence-electron chi connectivity index (χ0n) is 17.7. The number of rotatable bonds is 0. The lowest BCUT2D eigenvalue weighted by atomic mass is 10.1. The van der Waals surface area contributed by atoms with E-state index in [1.165, 1.54) is 76.9 Å². The van der Waals surface area contributed by atoms with Gasteiger partial charge >= 0.3 is 0 Å². The lowest BCUT2D eigenvalue weighted by Crippen LogP contribution is -1.98. The largest absolute Gasteiger partial charge is 0.305 e. The molecule has 0 aliphatic rings. The number of aryl methyl sites for hydroxylation is 4. The van der Waals surface area contributed by atoms with Gasteiger partial charge in [0.15, 0.2) is 0 Å². The van der Waals surface area contributed by atoms with Crippen LogP contribution in [0.4, 0.5) is 0 Å². The number of benzene rings is 4. The summed E-state index contributed by atoms with van der Waals surface area (Å²) in [7, 11) is 0. The van der Waals surface area contributed by atoms with E-state index in [2.05, 4.69) is 97.2 Å². The van der Waals surface area contributed by atoms with Crippen molar-refractivity contribution in [2.75, 3.05) is 0 Å². The topological polar surface area (TPSA) is 8.82 Å². The van der Waals surface area contributed by atoms with E-state index < -0.39 is 0 Å². The molecule has 144 valence electrons. The van der Waals surface area contributed by atoms with E-state index in [0.29, 0.717) is 0 Å². The van der Waals surface area contributed by atoms with Gasteiger partial charge in [-0.25, -0.2) is 0 Å². The van der Waals surface area contributed by atoms with Crippen LogP contribution in [0.25, 0.3) is 54.6 Å². The molecule has 0 saturated heterocycles. The smallest absolute Gasteiger partial charge is 0.0783 e. The van der Waals surface area contributed by atoms with E-state index in [4.69, 9.17) is 0 Å². The van der Waals surface area contributed by atoms with Crippen molar-refractivity contribution in [3.63, 3.8) is 0 Å². The van der Waals surface area contributed by atoms with Gasteiger partial charge in [-0.15, -0.1) is 0 Å². The highest BCUT2D eigenvalue weighted by Gasteiger charge is 2.21. The third-order valence-electron chi connectivity index (χ3n) is 6.76. The summed E-state index contributed by atoms with van der Waals surface area (Å²) in [6.45, 7) is 8.80. The van der Waals surface area contributed by atoms with E-state index in [0.717, 1.165) is 0 Å². The maximum atomic E-state index is 2.50. The highest BCUT2D eigenvalue weighted by Crippen LogP contribution is 2.41. The van der Waals surface area contributed by atoms with E-state index in [-0.39, 0.29) is 0 Å². The first-order valence-corrected chi connectivity index (χ1v) is 10.6. The molecule has 0 N–H and O–H groups in total. The summed E-state index contributed by atoms with van der Waals surface area (Å²) >= 11 is 0. The standard InChI is InChI=1S/C28H22N2/c1-15-5-7-23-19(9-15)21-11-17(3)13-25-27(21)29(23)26-14-18(4)12-22-20-10-16(2)6-8-24(20)30(25)28(22)26/h5-14H,1-4H3. The van der Waals surface area contributed by atoms with Gasteiger partial charge in [0.05, 0.1) is 33.1 Å². The molecule has 30 heavy (non-hydrogen) atoms. The average molecular weight is 386 g/mol. The first-order valence-electron chi connectivity index (χ1n) is 10.6. The van der Waals surface area contributed by atoms with Crippen molar-refractivity contribution in [3.8, 4) is 0 Å². The lowest BCUT2D eigenvalue weighted by Gasteiger charge is -2.12. The Kier molecular flexibility index (Phi) is 2.79. The number of aromatic nitrogens is 2. The van der Waals surface area contributed by atoms with Gasteiger partial charge in [-0.05, 0) is 87.4 Å². The van der Waals surface area contributed by atoms with Crippen molar-refractivity contribution in [3.05, 3.63) is 82.9 Å². The van der Waals surface area contributed by atoms with Crippen molar-refractivity contribution in [2.45, 2.75) is 27.7 Å². The summed E-state index contributed by atoms with van der Waals surface area (Å²) in [6.07, 6.45) is 0. The molecule has 7 rings (SSSR count). The van der Waals surface area contributed by atoms with E-state index in [1.807, 2.05) is 0 Å². The van der Waals surface area contributed by atoms with Gasteiger partial charge in [0.25, 0.3) is 0 Å². The molecule has 0 unspecified atom stereocenters. The minimum atomic E-state index is 1.29. The van der Waals surface area contributed by atoms with Gasteiger partial charge in [0.1, 0.15) is 0 Å². The summed E-state index contributed by atoms with van der Waals surface area (Å²) in [6, 6.07) is 23.1. The molecule has 0 amide bonds. The Bertz CT molecular complexity index is 1690. The van der Waals surface area contributed by atoms with E-state index in [1.54, 1.807) is 0 Å². The quantitative estimate of drug-likeness (QED) is 0.239. The molecule has 3 aromatic heterocycles. The predicted octanol–water partition coefficient (Wildman–Crippen LogP) is 7.48. The molecule has 0 bridgehead atoms. The third kappa shape index (κ3) is 1.80. The van der Waals surface area contributed by atoms with Crippen LogP contribution in [0, 0.1) is 27.7 Å². The van der Waals surface area contributed by atoms with Crippen molar-refractivity contribution in [1.29, 1.82) is 0 Å². The van der Waals surface area contributed by atoms with Gasteiger partial charge in [0, 0.05) is 21.5 Å². The Morgan fingerprint density at radius 1 is 0.400 bits per heavy atom. The van der Waals surface area contributed by atoms with Crippen LogP contribution >= 0.6 is 0 Å². The number of hydrogen-bond donors (Lipinski definition) is 0. The summed E-state index contributed by atoms with van der Waals surface area (Å²) < 4.78 is 5.00. The van der Waals surface area contributed by atoms with Gasteiger partial charge in [-0.1, -0.05) is 23.3 Å². The Balaban J connectivity index is 1.96. The fourth-order valence-corrected chi connectivity index (χ4v) is 5.60. The SMILES string of the molecule is Cc1ccc2c(c1)c1cc(C)cc3c1n2c1cc(C)cc2c4cc(C)ccc4n3c21. The molecule has 0 aliphatic heterocycles. The van der Waals surface area contributed by atoms with Crippen molar-refractivity contribution in [2.24, 2.45) is 0 Å². The molecular formula is C28H22N2. The highest BCUT2D eigenvalue weighted by atomic mass is 15.0. The predicted molar refractivity (Wildman–Crippen MR) is 129 cm³/mol. The first kappa shape index (κ1) is 16.3. The Hall–Kier alpha value is -3.52. The van der Waals surface area contributed by atoms with Crippen molar-refractivity contribution in [1.82, 2.24) is 8.80 Å². The van der Waals surface area contributed by atoms with Crippen LogP contribution in [-0.2, 0) is 0 Å². The van der Waals surface area contributed by atoms with Gasteiger partial charge in [-0.2, -0.15) is 0 Å². The molecule has 2 nitrogen and oxygen atoms in total. The zero-order chi connectivity index (χ0) is 20.3. The molecule has 7 aromatic rings. The molecule has 0 radical (unpaired) electrons. The first-order chi connectivity index (χ1) is 14.5. The second kappa shape index (κ2) is 5.14. The van der Waals surface area contributed by atoms with Gasteiger partial charge in [0.2, 0.25) is 0 Å². The number of nitrogens with zero attached hydrogens (tertiary/aromatic N) is 2. The summed E-state index contributed by atoms with van der Waals surface area (Å²) in [4.78, 5) is 0. The minimum Gasteiger partial charge on any atom is -0.305 e. The highest BCUT2D eigenvalue weighted by molar-refractivity contribution is 6.22. The molecule has 4 aromatic carbocycles. The summed E-state index contributed by atoms with van der Waals surface area (Å²) in [5.74, 6) is 0.